The van der Waals surface area contributed by atoms with Crippen LogP contribution in [0.1, 0.15) is 52.4 Å². The minimum atomic E-state index is -4.94. The standard InChI is InChI=1S/C22H24F6N2OS/c1-12-5-7-32-19(12)18-11-29-6-4-17(18)20(31)30(3)13(2)14-8-15(21(23,24)25)10-16(9-14)22(26,27)28/h5,7-10,13,17-18,29H,4,6,11H2,1-3H3/t13-,17?,18?/m0/s1. The molecule has 1 aliphatic rings. The lowest BCUT2D eigenvalue weighted by atomic mass is 9.83. The van der Waals surface area contributed by atoms with E-state index in [1.54, 1.807) is 11.3 Å². The highest BCUT2D eigenvalue weighted by Gasteiger charge is 2.39. The molecular formula is C22H24F6N2OS. The van der Waals surface area contributed by atoms with E-state index in [9.17, 15) is 31.1 Å². The van der Waals surface area contributed by atoms with Crippen LogP contribution in [0.5, 0.6) is 0 Å². The van der Waals surface area contributed by atoms with Crippen LogP contribution in [0.4, 0.5) is 26.3 Å². The van der Waals surface area contributed by atoms with Gasteiger partial charge in [-0.15, -0.1) is 11.3 Å². The molecule has 0 radical (unpaired) electrons. The van der Waals surface area contributed by atoms with Gasteiger partial charge in [-0.1, -0.05) is 0 Å². The van der Waals surface area contributed by atoms with Crippen LogP contribution in [0.15, 0.2) is 29.6 Å². The van der Waals surface area contributed by atoms with Gasteiger partial charge in [0.05, 0.1) is 17.2 Å². The van der Waals surface area contributed by atoms with Crippen molar-refractivity contribution in [2.45, 2.75) is 44.6 Å². The first kappa shape index (κ1) is 24.6. The van der Waals surface area contributed by atoms with Crippen molar-refractivity contribution in [1.82, 2.24) is 10.2 Å². The molecule has 2 unspecified atom stereocenters. The number of hydrogen-bond acceptors (Lipinski definition) is 3. The normalized spacial score (nSPS) is 20.8. The van der Waals surface area contributed by atoms with Gasteiger partial charge in [-0.05, 0) is 67.6 Å². The number of aryl methyl sites for hydroxylation is 1. The van der Waals surface area contributed by atoms with Crippen molar-refractivity contribution >= 4 is 17.2 Å². The second-order valence-electron chi connectivity index (χ2n) is 8.14. The topological polar surface area (TPSA) is 32.3 Å². The lowest BCUT2D eigenvalue weighted by Crippen LogP contribution is -2.44. The Kier molecular flexibility index (Phi) is 6.95. The Bertz CT molecular complexity index is 936. The zero-order chi connectivity index (χ0) is 23.8. The monoisotopic (exact) mass is 478 g/mol. The van der Waals surface area contributed by atoms with Gasteiger partial charge in [0.2, 0.25) is 5.91 Å². The quantitative estimate of drug-likeness (QED) is 0.546. The molecule has 1 fully saturated rings. The third-order valence-electron chi connectivity index (χ3n) is 6.06. The molecule has 0 spiro atoms. The number of halogens is 6. The van der Waals surface area contributed by atoms with E-state index in [-0.39, 0.29) is 23.5 Å². The first-order chi connectivity index (χ1) is 14.8. The predicted octanol–water partition coefficient (Wildman–Crippen LogP) is 6.01. The number of nitrogens with zero attached hydrogens (tertiary/aromatic N) is 1. The first-order valence-corrected chi connectivity index (χ1v) is 11.0. The summed E-state index contributed by atoms with van der Waals surface area (Å²) in [6, 6.07) is 2.47. The number of rotatable bonds is 4. The number of benzene rings is 1. The molecule has 176 valence electrons. The van der Waals surface area contributed by atoms with Crippen molar-refractivity contribution in [2.24, 2.45) is 5.92 Å². The highest BCUT2D eigenvalue weighted by Crippen LogP contribution is 2.40. The Morgan fingerprint density at radius 3 is 2.22 bits per heavy atom. The largest absolute Gasteiger partial charge is 0.416 e. The third kappa shape index (κ3) is 5.11. The fraction of sp³-hybridized carbons (Fsp3) is 0.500. The molecule has 1 amide bonds. The van der Waals surface area contributed by atoms with E-state index >= 15 is 0 Å². The highest BCUT2D eigenvalue weighted by molar-refractivity contribution is 7.10. The maximum absolute atomic E-state index is 13.4. The van der Waals surface area contributed by atoms with Crippen molar-refractivity contribution < 1.29 is 31.1 Å². The van der Waals surface area contributed by atoms with E-state index in [4.69, 9.17) is 0 Å². The van der Waals surface area contributed by atoms with E-state index in [0.717, 1.165) is 10.4 Å². The van der Waals surface area contributed by atoms with E-state index in [0.29, 0.717) is 31.6 Å². The van der Waals surface area contributed by atoms with Crippen molar-refractivity contribution in [3.05, 3.63) is 56.8 Å². The number of carbonyl (C=O) groups excluding carboxylic acids is 1. The molecule has 1 aromatic heterocycles. The van der Waals surface area contributed by atoms with Gasteiger partial charge in [-0.2, -0.15) is 26.3 Å². The summed E-state index contributed by atoms with van der Waals surface area (Å²) in [5, 5.41) is 5.21. The van der Waals surface area contributed by atoms with E-state index < -0.39 is 35.4 Å². The zero-order valence-corrected chi connectivity index (χ0v) is 18.6. The molecule has 0 aliphatic carbocycles. The predicted molar refractivity (Wildman–Crippen MR) is 110 cm³/mol. The molecule has 1 aliphatic heterocycles. The Morgan fingerprint density at radius 2 is 1.72 bits per heavy atom. The average molecular weight is 479 g/mol. The molecule has 0 saturated carbocycles. The first-order valence-electron chi connectivity index (χ1n) is 10.1. The van der Waals surface area contributed by atoms with Crippen LogP contribution < -0.4 is 5.32 Å². The number of alkyl halides is 6. The molecule has 3 atom stereocenters. The summed E-state index contributed by atoms with van der Waals surface area (Å²) in [6.45, 7) is 4.60. The van der Waals surface area contributed by atoms with Gasteiger partial charge in [0.1, 0.15) is 0 Å². The van der Waals surface area contributed by atoms with E-state index in [1.807, 2.05) is 18.4 Å². The Morgan fingerprint density at radius 1 is 1.12 bits per heavy atom. The molecular weight excluding hydrogens is 454 g/mol. The van der Waals surface area contributed by atoms with Gasteiger partial charge in [-0.25, -0.2) is 0 Å². The van der Waals surface area contributed by atoms with E-state index in [2.05, 4.69) is 5.32 Å². The summed E-state index contributed by atoms with van der Waals surface area (Å²) in [4.78, 5) is 15.7. The van der Waals surface area contributed by atoms with Gasteiger partial charge in [0.25, 0.3) is 0 Å². The number of carbonyl (C=O) groups is 1. The van der Waals surface area contributed by atoms with Crippen LogP contribution in [0.3, 0.4) is 0 Å². The fourth-order valence-electron chi connectivity index (χ4n) is 4.09. The van der Waals surface area contributed by atoms with E-state index in [1.165, 1.54) is 18.9 Å². The molecule has 3 nitrogen and oxygen atoms in total. The Labute approximate surface area is 186 Å². The van der Waals surface area contributed by atoms with Gasteiger partial charge < -0.3 is 10.2 Å². The maximum atomic E-state index is 13.4. The molecule has 0 bridgehead atoms. The van der Waals surface area contributed by atoms with Crippen molar-refractivity contribution in [3.63, 3.8) is 0 Å². The number of piperidine rings is 1. The van der Waals surface area contributed by atoms with Crippen molar-refractivity contribution in [2.75, 3.05) is 20.1 Å². The Hall–Kier alpha value is -2.07. The lowest BCUT2D eigenvalue weighted by molar-refractivity contribution is -0.143. The molecule has 32 heavy (non-hydrogen) atoms. The lowest BCUT2D eigenvalue weighted by Gasteiger charge is -2.36. The summed E-state index contributed by atoms with van der Waals surface area (Å²) in [7, 11) is 1.43. The van der Waals surface area contributed by atoms with Crippen LogP contribution in [0, 0.1) is 12.8 Å². The second kappa shape index (κ2) is 9.05. The number of thiophene rings is 1. The number of nitrogens with one attached hydrogen (secondary N) is 1. The molecule has 1 N–H and O–H groups in total. The molecule has 1 aromatic carbocycles. The number of amides is 1. The van der Waals surface area contributed by atoms with Crippen LogP contribution >= 0.6 is 11.3 Å². The fourth-order valence-corrected chi connectivity index (χ4v) is 5.19. The highest BCUT2D eigenvalue weighted by atomic mass is 32.1. The summed E-state index contributed by atoms with van der Waals surface area (Å²) in [6.07, 6.45) is -9.33. The number of hydrogen-bond donors (Lipinski definition) is 1. The molecule has 3 rings (SSSR count). The summed E-state index contributed by atoms with van der Waals surface area (Å²) in [5.74, 6) is -0.796. The van der Waals surface area contributed by atoms with Gasteiger partial charge in [-0.3, -0.25) is 4.79 Å². The van der Waals surface area contributed by atoms with Crippen molar-refractivity contribution in [3.8, 4) is 0 Å². The zero-order valence-electron chi connectivity index (χ0n) is 17.8. The summed E-state index contributed by atoms with van der Waals surface area (Å²) in [5.41, 5.74) is -1.92. The minimum absolute atomic E-state index is 0.0977. The van der Waals surface area contributed by atoms with Crippen LogP contribution in [0.2, 0.25) is 0 Å². The maximum Gasteiger partial charge on any atom is 0.416 e. The SMILES string of the molecule is Cc1ccsc1C1CNCCC1C(=O)N(C)[C@@H](C)c1cc(C(F)(F)F)cc(C(F)(F)F)c1. The Balaban J connectivity index is 1.92. The van der Waals surface area contributed by atoms with Crippen LogP contribution in [-0.2, 0) is 17.1 Å². The molecule has 1 saturated heterocycles. The third-order valence-corrected chi connectivity index (χ3v) is 7.21. The average Bonchev–Trinajstić information content (AvgIpc) is 3.16. The molecule has 10 heteroatoms. The minimum Gasteiger partial charge on any atom is -0.339 e. The molecule has 2 heterocycles. The smallest absolute Gasteiger partial charge is 0.339 e. The summed E-state index contributed by atoms with van der Waals surface area (Å²) < 4.78 is 79.5. The van der Waals surface area contributed by atoms with Gasteiger partial charge in [0.15, 0.2) is 0 Å². The van der Waals surface area contributed by atoms with Crippen LogP contribution in [0.25, 0.3) is 0 Å². The van der Waals surface area contributed by atoms with Gasteiger partial charge in [0, 0.05) is 30.3 Å². The van der Waals surface area contributed by atoms with Crippen LogP contribution in [-0.4, -0.2) is 30.9 Å². The second-order valence-corrected chi connectivity index (χ2v) is 9.09. The summed E-state index contributed by atoms with van der Waals surface area (Å²) >= 11 is 1.54. The van der Waals surface area contributed by atoms with Gasteiger partial charge >= 0.3 is 12.4 Å². The van der Waals surface area contributed by atoms with Crippen molar-refractivity contribution in [1.29, 1.82) is 0 Å². The molecule has 2 aromatic rings.